The lowest BCUT2D eigenvalue weighted by atomic mass is 10.1. The van der Waals surface area contributed by atoms with Crippen molar-refractivity contribution in [1.82, 2.24) is 10.3 Å². The molecule has 0 aliphatic heterocycles. The maximum atomic E-state index is 11.9. The van der Waals surface area contributed by atoms with Gasteiger partial charge < -0.3 is 9.73 Å². The fourth-order valence-corrected chi connectivity index (χ4v) is 2.61. The SMILES string of the molecule is O=C(Cc1cccc(Cl)c1)NCCc1ccc2oc(=O)[nH]c2c1. The first-order valence-corrected chi connectivity index (χ1v) is 7.61. The number of oxazole rings is 1. The number of aromatic amines is 1. The number of amides is 1. The highest BCUT2D eigenvalue weighted by molar-refractivity contribution is 6.30. The minimum absolute atomic E-state index is 0.0509. The zero-order valence-electron chi connectivity index (χ0n) is 12.3. The molecule has 23 heavy (non-hydrogen) atoms. The highest BCUT2D eigenvalue weighted by Gasteiger charge is 2.05. The summed E-state index contributed by atoms with van der Waals surface area (Å²) in [7, 11) is 0. The monoisotopic (exact) mass is 330 g/mol. The number of hydrogen-bond acceptors (Lipinski definition) is 3. The van der Waals surface area contributed by atoms with E-state index in [1.54, 1.807) is 18.2 Å². The molecule has 0 bridgehead atoms. The molecule has 5 nitrogen and oxygen atoms in total. The molecule has 118 valence electrons. The minimum atomic E-state index is -0.466. The van der Waals surface area contributed by atoms with Crippen molar-refractivity contribution < 1.29 is 9.21 Å². The second-order valence-electron chi connectivity index (χ2n) is 5.25. The molecular formula is C17H15ClN2O3. The van der Waals surface area contributed by atoms with Crippen molar-refractivity contribution in [3.05, 3.63) is 69.2 Å². The summed E-state index contributed by atoms with van der Waals surface area (Å²) in [6, 6.07) is 12.7. The van der Waals surface area contributed by atoms with E-state index < -0.39 is 5.76 Å². The molecule has 0 saturated carbocycles. The van der Waals surface area contributed by atoms with Gasteiger partial charge >= 0.3 is 5.76 Å². The van der Waals surface area contributed by atoms with Crippen LogP contribution in [0.5, 0.6) is 0 Å². The van der Waals surface area contributed by atoms with E-state index in [1.807, 2.05) is 24.3 Å². The topological polar surface area (TPSA) is 75.1 Å². The van der Waals surface area contributed by atoms with Crippen LogP contribution >= 0.6 is 11.6 Å². The quantitative estimate of drug-likeness (QED) is 0.755. The second-order valence-corrected chi connectivity index (χ2v) is 5.69. The Labute approximate surface area is 137 Å². The number of carbonyl (C=O) groups is 1. The number of benzene rings is 2. The van der Waals surface area contributed by atoms with Gasteiger partial charge in [-0.05, 0) is 41.8 Å². The van der Waals surface area contributed by atoms with Crippen LogP contribution in [0.3, 0.4) is 0 Å². The highest BCUT2D eigenvalue weighted by atomic mass is 35.5. The van der Waals surface area contributed by atoms with E-state index in [4.69, 9.17) is 16.0 Å². The van der Waals surface area contributed by atoms with E-state index in [2.05, 4.69) is 10.3 Å². The lowest BCUT2D eigenvalue weighted by molar-refractivity contribution is -0.120. The van der Waals surface area contributed by atoms with Crippen LogP contribution in [0.25, 0.3) is 11.1 Å². The average Bonchev–Trinajstić information content (AvgIpc) is 2.86. The number of H-pyrrole nitrogens is 1. The van der Waals surface area contributed by atoms with Gasteiger partial charge in [-0.15, -0.1) is 0 Å². The maximum absolute atomic E-state index is 11.9. The molecule has 1 amide bonds. The molecule has 6 heteroatoms. The smallest absolute Gasteiger partial charge is 0.408 e. The lowest BCUT2D eigenvalue weighted by Gasteiger charge is -2.06. The highest BCUT2D eigenvalue weighted by Crippen LogP contribution is 2.13. The van der Waals surface area contributed by atoms with Crippen molar-refractivity contribution in [2.75, 3.05) is 6.54 Å². The molecule has 0 atom stereocenters. The first-order chi connectivity index (χ1) is 11.1. The van der Waals surface area contributed by atoms with Gasteiger partial charge in [0.25, 0.3) is 0 Å². The Bertz CT molecular complexity index is 898. The number of aromatic nitrogens is 1. The Hall–Kier alpha value is -2.53. The molecule has 0 unspecified atom stereocenters. The second kappa shape index (κ2) is 6.71. The third kappa shape index (κ3) is 4.02. The zero-order chi connectivity index (χ0) is 16.2. The minimum Gasteiger partial charge on any atom is -0.408 e. The molecule has 0 fully saturated rings. The molecule has 0 saturated heterocycles. The molecule has 1 aromatic heterocycles. The fraction of sp³-hybridized carbons (Fsp3) is 0.176. The normalized spacial score (nSPS) is 10.8. The molecular weight excluding hydrogens is 316 g/mol. The standard InChI is InChI=1S/C17H15ClN2O3/c18-13-3-1-2-12(8-13)10-16(21)19-7-6-11-4-5-15-14(9-11)20-17(22)23-15/h1-5,8-9H,6-7,10H2,(H,19,21)(H,20,22). The summed E-state index contributed by atoms with van der Waals surface area (Å²) < 4.78 is 4.95. The first kappa shape index (κ1) is 15.4. The van der Waals surface area contributed by atoms with Crippen molar-refractivity contribution in [3.63, 3.8) is 0 Å². The summed E-state index contributed by atoms with van der Waals surface area (Å²) in [6.07, 6.45) is 0.971. The summed E-state index contributed by atoms with van der Waals surface area (Å²) in [6.45, 7) is 0.521. The Kier molecular flexibility index (Phi) is 4.48. The molecule has 1 heterocycles. The van der Waals surface area contributed by atoms with Crippen LogP contribution in [0.15, 0.2) is 51.7 Å². The molecule has 0 radical (unpaired) electrons. The van der Waals surface area contributed by atoms with Gasteiger partial charge in [-0.25, -0.2) is 4.79 Å². The Balaban J connectivity index is 1.53. The summed E-state index contributed by atoms with van der Waals surface area (Å²) >= 11 is 5.90. The third-order valence-corrected chi connectivity index (χ3v) is 3.71. The van der Waals surface area contributed by atoms with Crippen LogP contribution in [0.1, 0.15) is 11.1 Å². The number of rotatable bonds is 5. The number of halogens is 1. The van der Waals surface area contributed by atoms with E-state index in [-0.39, 0.29) is 5.91 Å². The summed E-state index contributed by atoms with van der Waals surface area (Å²) in [5.74, 6) is -0.517. The third-order valence-electron chi connectivity index (χ3n) is 3.47. The van der Waals surface area contributed by atoms with Gasteiger partial charge in [0.2, 0.25) is 5.91 Å². The van der Waals surface area contributed by atoms with E-state index >= 15 is 0 Å². The van der Waals surface area contributed by atoms with Crippen LogP contribution in [-0.2, 0) is 17.6 Å². The fourth-order valence-electron chi connectivity index (χ4n) is 2.40. The summed E-state index contributed by atoms with van der Waals surface area (Å²) in [5.41, 5.74) is 3.09. The predicted molar refractivity (Wildman–Crippen MR) is 88.7 cm³/mol. The predicted octanol–water partition coefficient (Wildman–Crippen LogP) is 2.68. The lowest BCUT2D eigenvalue weighted by Crippen LogP contribution is -2.27. The molecule has 3 rings (SSSR count). The van der Waals surface area contributed by atoms with E-state index in [1.165, 1.54) is 0 Å². The number of nitrogens with one attached hydrogen (secondary N) is 2. The Morgan fingerprint density at radius 2 is 2.04 bits per heavy atom. The number of carbonyl (C=O) groups excluding carboxylic acids is 1. The van der Waals surface area contributed by atoms with Crippen molar-refractivity contribution in [3.8, 4) is 0 Å². The van der Waals surface area contributed by atoms with Crippen LogP contribution in [-0.4, -0.2) is 17.4 Å². The van der Waals surface area contributed by atoms with Crippen LogP contribution in [0.2, 0.25) is 5.02 Å². The van der Waals surface area contributed by atoms with Gasteiger partial charge in [0, 0.05) is 11.6 Å². The van der Waals surface area contributed by atoms with Gasteiger partial charge in [-0.1, -0.05) is 29.8 Å². The molecule has 3 aromatic rings. The van der Waals surface area contributed by atoms with Crippen molar-refractivity contribution in [1.29, 1.82) is 0 Å². The molecule has 2 N–H and O–H groups in total. The van der Waals surface area contributed by atoms with Gasteiger partial charge in [0.1, 0.15) is 0 Å². The number of fused-ring (bicyclic) bond motifs is 1. The maximum Gasteiger partial charge on any atom is 0.417 e. The van der Waals surface area contributed by atoms with Crippen LogP contribution in [0.4, 0.5) is 0 Å². The van der Waals surface area contributed by atoms with Crippen molar-refractivity contribution in [2.45, 2.75) is 12.8 Å². The number of hydrogen-bond donors (Lipinski definition) is 2. The van der Waals surface area contributed by atoms with E-state index in [9.17, 15) is 9.59 Å². The molecule has 0 spiro atoms. The molecule has 2 aromatic carbocycles. The average molecular weight is 331 g/mol. The largest absolute Gasteiger partial charge is 0.417 e. The summed E-state index contributed by atoms with van der Waals surface area (Å²) in [4.78, 5) is 25.6. The van der Waals surface area contributed by atoms with Gasteiger partial charge in [-0.2, -0.15) is 0 Å². The summed E-state index contributed by atoms with van der Waals surface area (Å²) in [5, 5.41) is 3.50. The van der Waals surface area contributed by atoms with Crippen LogP contribution < -0.4 is 11.1 Å². The van der Waals surface area contributed by atoms with E-state index in [0.29, 0.717) is 35.5 Å². The van der Waals surface area contributed by atoms with Crippen molar-refractivity contribution in [2.24, 2.45) is 0 Å². The van der Waals surface area contributed by atoms with E-state index in [0.717, 1.165) is 11.1 Å². The molecule has 0 aliphatic carbocycles. The van der Waals surface area contributed by atoms with Crippen molar-refractivity contribution >= 4 is 28.6 Å². The molecule has 0 aliphatic rings. The van der Waals surface area contributed by atoms with Gasteiger partial charge in [0.05, 0.1) is 11.9 Å². The first-order valence-electron chi connectivity index (χ1n) is 7.23. The zero-order valence-corrected chi connectivity index (χ0v) is 13.0. The van der Waals surface area contributed by atoms with Gasteiger partial charge in [0.15, 0.2) is 5.58 Å². The Morgan fingerprint density at radius 1 is 1.17 bits per heavy atom. The Morgan fingerprint density at radius 3 is 2.87 bits per heavy atom. The van der Waals surface area contributed by atoms with Gasteiger partial charge in [-0.3, -0.25) is 9.78 Å². The van der Waals surface area contributed by atoms with Crippen LogP contribution in [0, 0.1) is 0 Å².